The SMILES string of the molecule is Cc1cncn1CCCN1CCOCC1. The van der Waals surface area contributed by atoms with Crippen molar-refractivity contribution in [2.24, 2.45) is 0 Å². The number of imidazole rings is 1. The molecule has 4 heteroatoms. The van der Waals surface area contributed by atoms with Crippen LogP contribution in [0.3, 0.4) is 0 Å². The molecule has 1 fully saturated rings. The van der Waals surface area contributed by atoms with E-state index < -0.39 is 0 Å². The fraction of sp³-hybridized carbons (Fsp3) is 0.727. The van der Waals surface area contributed by atoms with E-state index in [1.54, 1.807) is 0 Å². The molecule has 1 aromatic rings. The summed E-state index contributed by atoms with van der Waals surface area (Å²) >= 11 is 0. The summed E-state index contributed by atoms with van der Waals surface area (Å²) in [6.07, 6.45) is 5.01. The number of nitrogens with zero attached hydrogens (tertiary/aromatic N) is 3. The molecule has 1 aliphatic rings. The maximum Gasteiger partial charge on any atom is 0.0948 e. The first kappa shape index (κ1) is 10.6. The Morgan fingerprint density at radius 3 is 2.80 bits per heavy atom. The fourth-order valence-electron chi connectivity index (χ4n) is 1.91. The van der Waals surface area contributed by atoms with Crippen LogP contribution in [0.25, 0.3) is 0 Å². The highest BCUT2D eigenvalue weighted by Crippen LogP contribution is 2.02. The van der Waals surface area contributed by atoms with E-state index >= 15 is 0 Å². The van der Waals surface area contributed by atoms with E-state index in [-0.39, 0.29) is 0 Å². The van der Waals surface area contributed by atoms with E-state index in [9.17, 15) is 0 Å². The molecule has 84 valence electrons. The van der Waals surface area contributed by atoms with Gasteiger partial charge in [-0.15, -0.1) is 0 Å². The van der Waals surface area contributed by atoms with Crippen molar-refractivity contribution in [1.82, 2.24) is 14.5 Å². The minimum absolute atomic E-state index is 0.893. The van der Waals surface area contributed by atoms with E-state index in [1.165, 1.54) is 18.7 Å². The molecule has 0 unspecified atom stereocenters. The minimum atomic E-state index is 0.893. The van der Waals surface area contributed by atoms with Crippen LogP contribution in [0.5, 0.6) is 0 Å². The lowest BCUT2D eigenvalue weighted by Gasteiger charge is -2.26. The Hall–Kier alpha value is -0.870. The summed E-state index contributed by atoms with van der Waals surface area (Å²) < 4.78 is 7.52. The zero-order valence-corrected chi connectivity index (χ0v) is 9.35. The lowest BCUT2D eigenvalue weighted by atomic mass is 10.3. The van der Waals surface area contributed by atoms with Crippen LogP contribution in [-0.4, -0.2) is 47.3 Å². The molecule has 0 N–H and O–H groups in total. The number of hydrogen-bond donors (Lipinski definition) is 0. The van der Waals surface area contributed by atoms with Gasteiger partial charge in [0.15, 0.2) is 0 Å². The summed E-state index contributed by atoms with van der Waals surface area (Å²) in [7, 11) is 0. The molecule has 0 bridgehead atoms. The standard InChI is InChI=1S/C11H19N3O/c1-11-9-12-10-14(11)4-2-3-13-5-7-15-8-6-13/h9-10H,2-8H2,1H3. The Balaban J connectivity index is 1.68. The summed E-state index contributed by atoms with van der Waals surface area (Å²) in [6, 6.07) is 0. The molecule has 15 heavy (non-hydrogen) atoms. The van der Waals surface area contributed by atoms with Crippen molar-refractivity contribution >= 4 is 0 Å². The molecular formula is C11H19N3O. The van der Waals surface area contributed by atoms with Crippen LogP contribution in [0.1, 0.15) is 12.1 Å². The van der Waals surface area contributed by atoms with Crippen molar-refractivity contribution in [2.75, 3.05) is 32.8 Å². The minimum Gasteiger partial charge on any atom is -0.379 e. The van der Waals surface area contributed by atoms with Crippen molar-refractivity contribution < 1.29 is 4.74 Å². The third-order valence-electron chi connectivity index (χ3n) is 2.90. The van der Waals surface area contributed by atoms with Crippen molar-refractivity contribution in [1.29, 1.82) is 0 Å². The number of rotatable bonds is 4. The Morgan fingerprint density at radius 2 is 2.13 bits per heavy atom. The molecule has 0 radical (unpaired) electrons. The van der Waals surface area contributed by atoms with E-state index in [4.69, 9.17) is 4.74 Å². The molecular weight excluding hydrogens is 190 g/mol. The van der Waals surface area contributed by atoms with Gasteiger partial charge in [-0.25, -0.2) is 4.98 Å². The Morgan fingerprint density at radius 1 is 1.33 bits per heavy atom. The largest absolute Gasteiger partial charge is 0.379 e. The fourth-order valence-corrected chi connectivity index (χ4v) is 1.91. The van der Waals surface area contributed by atoms with Gasteiger partial charge in [0.25, 0.3) is 0 Å². The van der Waals surface area contributed by atoms with Crippen LogP contribution < -0.4 is 0 Å². The van der Waals surface area contributed by atoms with Gasteiger partial charge in [0.05, 0.1) is 19.5 Å². The summed E-state index contributed by atoms with van der Waals surface area (Å²) in [5.74, 6) is 0. The van der Waals surface area contributed by atoms with Gasteiger partial charge in [-0.3, -0.25) is 4.90 Å². The molecule has 0 aromatic carbocycles. The van der Waals surface area contributed by atoms with E-state index in [0.717, 1.165) is 32.8 Å². The molecule has 0 saturated carbocycles. The number of ether oxygens (including phenoxy) is 1. The predicted octanol–water partition coefficient (Wildman–Crippen LogP) is 0.914. The molecule has 0 aliphatic carbocycles. The van der Waals surface area contributed by atoms with Gasteiger partial charge < -0.3 is 9.30 Å². The zero-order valence-electron chi connectivity index (χ0n) is 9.35. The summed E-state index contributed by atoms with van der Waals surface area (Å²) in [6.45, 7) is 8.30. The highest BCUT2D eigenvalue weighted by Gasteiger charge is 2.09. The van der Waals surface area contributed by atoms with E-state index in [1.807, 2.05) is 12.5 Å². The van der Waals surface area contributed by atoms with E-state index in [2.05, 4.69) is 21.4 Å². The van der Waals surface area contributed by atoms with Crippen LogP contribution in [0.15, 0.2) is 12.5 Å². The van der Waals surface area contributed by atoms with Crippen LogP contribution in [0, 0.1) is 6.92 Å². The first-order valence-corrected chi connectivity index (χ1v) is 5.63. The monoisotopic (exact) mass is 209 g/mol. The van der Waals surface area contributed by atoms with Crippen LogP contribution >= 0.6 is 0 Å². The second-order valence-corrected chi connectivity index (χ2v) is 4.04. The molecule has 1 saturated heterocycles. The molecule has 0 atom stereocenters. The van der Waals surface area contributed by atoms with Gasteiger partial charge in [0.2, 0.25) is 0 Å². The van der Waals surface area contributed by atoms with Crippen LogP contribution in [0.2, 0.25) is 0 Å². The van der Waals surface area contributed by atoms with Gasteiger partial charge in [-0.05, 0) is 13.3 Å². The third kappa shape index (κ3) is 3.04. The molecule has 1 aromatic heterocycles. The van der Waals surface area contributed by atoms with Crippen molar-refractivity contribution in [3.8, 4) is 0 Å². The van der Waals surface area contributed by atoms with Gasteiger partial charge >= 0.3 is 0 Å². The quantitative estimate of drug-likeness (QED) is 0.738. The van der Waals surface area contributed by atoms with Gasteiger partial charge in [-0.1, -0.05) is 0 Å². The molecule has 2 heterocycles. The number of hydrogen-bond acceptors (Lipinski definition) is 3. The highest BCUT2D eigenvalue weighted by atomic mass is 16.5. The Labute approximate surface area is 90.9 Å². The third-order valence-corrected chi connectivity index (χ3v) is 2.90. The Bertz CT molecular complexity index is 292. The second-order valence-electron chi connectivity index (χ2n) is 4.04. The van der Waals surface area contributed by atoms with Crippen LogP contribution in [0.4, 0.5) is 0 Å². The highest BCUT2D eigenvalue weighted by molar-refractivity contribution is 4.93. The average molecular weight is 209 g/mol. The van der Waals surface area contributed by atoms with Crippen molar-refractivity contribution in [2.45, 2.75) is 19.9 Å². The molecule has 2 rings (SSSR count). The zero-order chi connectivity index (χ0) is 10.5. The smallest absolute Gasteiger partial charge is 0.0948 e. The van der Waals surface area contributed by atoms with E-state index in [0.29, 0.717) is 0 Å². The summed E-state index contributed by atoms with van der Waals surface area (Å²) in [5, 5.41) is 0. The molecule has 1 aliphatic heterocycles. The number of aryl methyl sites for hydroxylation is 2. The maximum atomic E-state index is 5.31. The normalized spacial score (nSPS) is 18.2. The van der Waals surface area contributed by atoms with Crippen molar-refractivity contribution in [3.63, 3.8) is 0 Å². The van der Waals surface area contributed by atoms with Gasteiger partial charge in [0.1, 0.15) is 0 Å². The predicted molar refractivity (Wildman–Crippen MR) is 58.8 cm³/mol. The summed E-state index contributed by atoms with van der Waals surface area (Å²) in [5.41, 5.74) is 1.25. The Kier molecular flexibility index (Phi) is 3.75. The molecule has 4 nitrogen and oxygen atoms in total. The first-order chi connectivity index (χ1) is 7.36. The lowest BCUT2D eigenvalue weighted by Crippen LogP contribution is -2.37. The lowest BCUT2D eigenvalue weighted by molar-refractivity contribution is 0.0369. The second kappa shape index (κ2) is 5.28. The first-order valence-electron chi connectivity index (χ1n) is 5.63. The van der Waals surface area contributed by atoms with Crippen LogP contribution in [-0.2, 0) is 11.3 Å². The average Bonchev–Trinajstić information content (AvgIpc) is 2.66. The topological polar surface area (TPSA) is 30.3 Å². The van der Waals surface area contributed by atoms with Crippen molar-refractivity contribution in [3.05, 3.63) is 18.2 Å². The van der Waals surface area contributed by atoms with Gasteiger partial charge in [-0.2, -0.15) is 0 Å². The van der Waals surface area contributed by atoms with Gasteiger partial charge in [0, 0.05) is 38.1 Å². The summed E-state index contributed by atoms with van der Waals surface area (Å²) in [4.78, 5) is 6.58. The number of morpholine rings is 1. The maximum absolute atomic E-state index is 5.31. The molecule has 0 amide bonds. The number of aromatic nitrogens is 2. The molecule has 0 spiro atoms.